The van der Waals surface area contributed by atoms with Crippen LogP contribution in [0.15, 0.2) is 72.8 Å². The Hall–Kier alpha value is -2.93. The highest BCUT2D eigenvalue weighted by Gasteiger charge is 2.10. The van der Waals surface area contributed by atoms with Gasteiger partial charge in [-0.25, -0.2) is 0 Å². The molecule has 0 aliphatic carbocycles. The summed E-state index contributed by atoms with van der Waals surface area (Å²) in [7, 11) is 0. The van der Waals surface area contributed by atoms with Crippen LogP contribution in [-0.4, -0.2) is 16.9 Å². The van der Waals surface area contributed by atoms with Crippen LogP contribution in [0.4, 0.5) is 11.4 Å². The molecule has 0 atom stereocenters. The summed E-state index contributed by atoms with van der Waals surface area (Å²) in [6.45, 7) is 0. The lowest BCUT2D eigenvalue weighted by Gasteiger charge is -2.11. The van der Waals surface area contributed by atoms with Gasteiger partial charge in [0, 0.05) is 33.4 Å². The molecule has 31 heavy (non-hydrogen) atoms. The van der Waals surface area contributed by atoms with E-state index in [2.05, 4.69) is 16.0 Å². The topological polar surface area (TPSA) is 70.2 Å². The van der Waals surface area contributed by atoms with Crippen molar-refractivity contribution in [3.63, 3.8) is 0 Å². The van der Waals surface area contributed by atoms with Crippen LogP contribution in [0.2, 0.25) is 10.0 Å². The van der Waals surface area contributed by atoms with Gasteiger partial charge < -0.3 is 16.0 Å². The molecule has 0 radical (unpaired) electrons. The summed E-state index contributed by atoms with van der Waals surface area (Å²) >= 11 is 17.3. The fraction of sp³-hybridized carbons (Fsp3) is 0.0870. The maximum Gasteiger partial charge on any atom is 0.255 e. The lowest BCUT2D eigenvalue weighted by molar-refractivity contribution is -0.119. The quantitative estimate of drug-likeness (QED) is 0.403. The number of nitrogens with one attached hydrogen (secondary N) is 3. The third-order valence-electron chi connectivity index (χ3n) is 4.30. The zero-order valence-electron chi connectivity index (χ0n) is 16.3. The third kappa shape index (κ3) is 7.07. The number of amides is 2. The number of hydrogen-bond acceptors (Lipinski definition) is 3. The number of rotatable bonds is 6. The minimum atomic E-state index is -0.291. The van der Waals surface area contributed by atoms with Crippen LogP contribution < -0.4 is 16.0 Å². The Morgan fingerprint density at radius 2 is 1.55 bits per heavy atom. The molecule has 3 aromatic rings. The summed E-state index contributed by atoms with van der Waals surface area (Å²) in [6.07, 6.45) is 0.751. The summed E-state index contributed by atoms with van der Waals surface area (Å²) in [5, 5.41) is 9.65. The second-order valence-electron chi connectivity index (χ2n) is 6.64. The Morgan fingerprint density at radius 1 is 0.839 bits per heavy atom. The molecule has 3 aromatic carbocycles. The van der Waals surface area contributed by atoms with E-state index < -0.39 is 0 Å². The molecule has 0 saturated carbocycles. The van der Waals surface area contributed by atoms with Crippen molar-refractivity contribution in [2.75, 3.05) is 10.6 Å². The average molecular weight is 472 g/mol. The number of halogens is 2. The van der Waals surface area contributed by atoms with Crippen molar-refractivity contribution in [3.8, 4) is 0 Å². The highest BCUT2D eigenvalue weighted by atomic mass is 35.5. The van der Waals surface area contributed by atoms with Crippen molar-refractivity contribution >= 4 is 63.7 Å². The summed E-state index contributed by atoms with van der Waals surface area (Å²) in [5.74, 6) is -0.520. The highest BCUT2D eigenvalue weighted by Crippen LogP contribution is 2.18. The van der Waals surface area contributed by atoms with Gasteiger partial charge in [0.2, 0.25) is 5.91 Å². The predicted molar refractivity (Wildman–Crippen MR) is 130 cm³/mol. The van der Waals surface area contributed by atoms with Gasteiger partial charge in [0.25, 0.3) is 5.91 Å². The molecule has 5 nitrogen and oxygen atoms in total. The zero-order chi connectivity index (χ0) is 22.2. The predicted octanol–water partition coefficient (Wildman–Crippen LogP) is 5.69. The average Bonchev–Trinajstić information content (AvgIpc) is 2.73. The molecule has 3 N–H and O–H groups in total. The molecule has 0 aliphatic heterocycles. The molecule has 2 amide bonds. The molecule has 3 rings (SSSR count). The minimum absolute atomic E-state index is 0.150. The molecule has 0 bridgehead atoms. The minimum Gasteiger partial charge on any atom is -0.332 e. The molecule has 0 saturated heterocycles. The normalized spacial score (nSPS) is 10.3. The second-order valence-corrected chi connectivity index (χ2v) is 7.89. The number of hydrogen-bond donors (Lipinski definition) is 3. The number of carbonyl (C=O) groups is 2. The van der Waals surface area contributed by atoms with Gasteiger partial charge in [0.1, 0.15) is 0 Å². The van der Waals surface area contributed by atoms with Crippen molar-refractivity contribution in [2.45, 2.75) is 12.8 Å². The second kappa shape index (κ2) is 10.9. The van der Waals surface area contributed by atoms with E-state index in [0.717, 1.165) is 5.56 Å². The fourth-order valence-electron chi connectivity index (χ4n) is 2.81. The van der Waals surface area contributed by atoms with Crippen LogP contribution in [0.1, 0.15) is 22.3 Å². The standard InChI is InChI=1S/C23H19Cl2N3O2S/c24-17-7-4-9-19(14-17)26-22(30)16-6-3-8-18(13-16)27-23(31)28-21(29)12-11-15-5-1-2-10-20(15)25/h1-10,13-14H,11-12H2,(H,26,30)(H2,27,28,29,31). The number of carbonyl (C=O) groups excluding carboxylic acids is 2. The summed E-state index contributed by atoms with van der Waals surface area (Å²) in [5.41, 5.74) is 2.50. The van der Waals surface area contributed by atoms with Gasteiger partial charge in [0.05, 0.1) is 0 Å². The summed E-state index contributed by atoms with van der Waals surface area (Å²) in [4.78, 5) is 24.7. The van der Waals surface area contributed by atoms with Gasteiger partial charge in [-0.1, -0.05) is 53.5 Å². The Balaban J connectivity index is 1.53. The number of thiocarbonyl (C=S) groups is 1. The van der Waals surface area contributed by atoms with Crippen molar-refractivity contribution < 1.29 is 9.59 Å². The molecular formula is C23H19Cl2N3O2S. The zero-order valence-corrected chi connectivity index (χ0v) is 18.7. The third-order valence-corrected chi connectivity index (χ3v) is 5.11. The molecule has 8 heteroatoms. The number of benzene rings is 3. The van der Waals surface area contributed by atoms with Crippen LogP contribution >= 0.6 is 35.4 Å². The highest BCUT2D eigenvalue weighted by molar-refractivity contribution is 7.80. The first-order chi connectivity index (χ1) is 14.9. The first kappa shape index (κ1) is 22.7. The molecule has 0 aliphatic rings. The molecule has 0 aromatic heterocycles. The monoisotopic (exact) mass is 471 g/mol. The van der Waals surface area contributed by atoms with E-state index in [9.17, 15) is 9.59 Å². The van der Waals surface area contributed by atoms with Gasteiger partial charge in [-0.2, -0.15) is 0 Å². The van der Waals surface area contributed by atoms with Crippen LogP contribution in [0.3, 0.4) is 0 Å². The molecule has 0 heterocycles. The van der Waals surface area contributed by atoms with Crippen molar-refractivity contribution in [1.82, 2.24) is 5.32 Å². The van der Waals surface area contributed by atoms with Gasteiger partial charge in [-0.3, -0.25) is 9.59 Å². The largest absolute Gasteiger partial charge is 0.332 e. The van der Waals surface area contributed by atoms with Gasteiger partial charge in [0.15, 0.2) is 5.11 Å². The van der Waals surface area contributed by atoms with Crippen LogP contribution in [0.5, 0.6) is 0 Å². The van der Waals surface area contributed by atoms with E-state index in [1.54, 1.807) is 54.6 Å². The lowest BCUT2D eigenvalue weighted by Crippen LogP contribution is -2.34. The summed E-state index contributed by atoms with van der Waals surface area (Å²) in [6, 6.07) is 21.1. The van der Waals surface area contributed by atoms with Crippen LogP contribution in [-0.2, 0) is 11.2 Å². The Bertz CT molecular complexity index is 1120. The van der Waals surface area contributed by atoms with E-state index in [1.807, 2.05) is 18.2 Å². The maximum atomic E-state index is 12.5. The first-order valence-electron chi connectivity index (χ1n) is 9.42. The van der Waals surface area contributed by atoms with Gasteiger partial charge >= 0.3 is 0 Å². The van der Waals surface area contributed by atoms with E-state index in [1.165, 1.54) is 0 Å². The fourth-order valence-corrected chi connectivity index (χ4v) is 3.46. The smallest absolute Gasteiger partial charge is 0.255 e. The lowest BCUT2D eigenvalue weighted by atomic mass is 10.1. The van der Waals surface area contributed by atoms with Crippen LogP contribution in [0.25, 0.3) is 0 Å². The Kier molecular flexibility index (Phi) is 8.00. The number of anilines is 2. The van der Waals surface area contributed by atoms with E-state index in [-0.39, 0.29) is 23.3 Å². The SMILES string of the molecule is O=C(CCc1ccccc1Cl)NC(=S)Nc1cccc(C(=O)Nc2cccc(Cl)c2)c1. The van der Waals surface area contributed by atoms with E-state index >= 15 is 0 Å². The summed E-state index contributed by atoms with van der Waals surface area (Å²) < 4.78 is 0. The first-order valence-corrected chi connectivity index (χ1v) is 10.6. The van der Waals surface area contributed by atoms with Crippen molar-refractivity contribution in [3.05, 3.63) is 94.0 Å². The molecule has 0 fully saturated rings. The van der Waals surface area contributed by atoms with Gasteiger partial charge in [-0.05, 0) is 66.7 Å². The van der Waals surface area contributed by atoms with Crippen LogP contribution in [0, 0.1) is 0 Å². The number of aryl methyl sites for hydroxylation is 1. The van der Waals surface area contributed by atoms with E-state index in [0.29, 0.717) is 33.4 Å². The maximum absolute atomic E-state index is 12.5. The Morgan fingerprint density at radius 3 is 2.29 bits per heavy atom. The van der Waals surface area contributed by atoms with Crippen molar-refractivity contribution in [2.24, 2.45) is 0 Å². The Labute approximate surface area is 195 Å². The van der Waals surface area contributed by atoms with Crippen molar-refractivity contribution in [1.29, 1.82) is 0 Å². The van der Waals surface area contributed by atoms with Gasteiger partial charge in [-0.15, -0.1) is 0 Å². The van der Waals surface area contributed by atoms with E-state index in [4.69, 9.17) is 35.4 Å². The molecule has 0 spiro atoms. The molecule has 158 valence electrons. The molecular weight excluding hydrogens is 453 g/mol. The molecule has 0 unspecified atom stereocenters.